The molecule has 0 saturated carbocycles. The van der Waals surface area contributed by atoms with Gasteiger partial charge >= 0.3 is 0 Å². The molecule has 2 atom stereocenters. The van der Waals surface area contributed by atoms with Crippen LogP contribution in [0.1, 0.15) is 32.1 Å². The van der Waals surface area contributed by atoms with Crippen LogP contribution in [-0.4, -0.2) is 6.04 Å². The number of nitrogens with one attached hydrogen (secondary N) is 1. The SMILES string of the molecule is C#CCC(C)NC(C)c1cc2ccccc2o1. The van der Waals surface area contributed by atoms with E-state index < -0.39 is 0 Å². The zero-order chi connectivity index (χ0) is 12.3. The maximum Gasteiger partial charge on any atom is 0.134 e. The Morgan fingerprint density at radius 2 is 2.12 bits per heavy atom. The lowest BCUT2D eigenvalue weighted by Crippen LogP contribution is -2.28. The van der Waals surface area contributed by atoms with Crippen LogP contribution in [0.2, 0.25) is 0 Å². The van der Waals surface area contributed by atoms with Crippen molar-refractivity contribution in [3.8, 4) is 12.3 Å². The Labute approximate surface area is 102 Å². The Kier molecular flexibility index (Phi) is 3.51. The molecule has 2 rings (SSSR count). The number of benzene rings is 1. The average molecular weight is 227 g/mol. The first-order valence-electron chi connectivity index (χ1n) is 5.88. The van der Waals surface area contributed by atoms with E-state index in [9.17, 15) is 0 Å². The molecule has 0 aliphatic rings. The third kappa shape index (κ3) is 2.69. The van der Waals surface area contributed by atoms with Gasteiger partial charge in [0.15, 0.2) is 0 Å². The first-order chi connectivity index (χ1) is 8.20. The minimum Gasteiger partial charge on any atom is -0.459 e. The molecule has 2 heteroatoms. The van der Waals surface area contributed by atoms with Gasteiger partial charge in [0, 0.05) is 17.8 Å². The van der Waals surface area contributed by atoms with Crippen LogP contribution in [0.3, 0.4) is 0 Å². The molecular weight excluding hydrogens is 210 g/mol. The number of hydrogen-bond donors (Lipinski definition) is 1. The van der Waals surface area contributed by atoms with Crippen molar-refractivity contribution in [1.82, 2.24) is 5.32 Å². The van der Waals surface area contributed by atoms with Gasteiger partial charge in [-0.2, -0.15) is 0 Å². The highest BCUT2D eigenvalue weighted by Gasteiger charge is 2.13. The summed E-state index contributed by atoms with van der Waals surface area (Å²) < 4.78 is 5.79. The van der Waals surface area contributed by atoms with Crippen molar-refractivity contribution in [2.24, 2.45) is 0 Å². The molecule has 0 bridgehead atoms. The lowest BCUT2D eigenvalue weighted by molar-refractivity contribution is 0.414. The van der Waals surface area contributed by atoms with E-state index in [0.717, 1.165) is 23.2 Å². The van der Waals surface area contributed by atoms with Crippen molar-refractivity contribution in [2.75, 3.05) is 0 Å². The van der Waals surface area contributed by atoms with E-state index in [0.29, 0.717) is 6.04 Å². The Morgan fingerprint density at radius 3 is 2.82 bits per heavy atom. The van der Waals surface area contributed by atoms with E-state index in [1.165, 1.54) is 0 Å². The standard InChI is InChI=1S/C15H17NO/c1-4-7-11(2)16-12(3)15-10-13-8-5-6-9-14(13)17-15/h1,5-6,8-12,16H,7H2,2-3H3. The van der Waals surface area contributed by atoms with E-state index >= 15 is 0 Å². The number of para-hydroxylation sites is 1. The minimum absolute atomic E-state index is 0.172. The summed E-state index contributed by atoms with van der Waals surface area (Å²) in [5, 5.41) is 4.56. The molecule has 0 saturated heterocycles. The summed E-state index contributed by atoms with van der Waals surface area (Å²) in [6.45, 7) is 4.17. The monoisotopic (exact) mass is 227 g/mol. The average Bonchev–Trinajstić information content (AvgIpc) is 2.72. The van der Waals surface area contributed by atoms with Gasteiger partial charge in [0.25, 0.3) is 0 Å². The Morgan fingerprint density at radius 1 is 1.35 bits per heavy atom. The largest absolute Gasteiger partial charge is 0.459 e. The fourth-order valence-electron chi connectivity index (χ4n) is 1.96. The van der Waals surface area contributed by atoms with Gasteiger partial charge in [-0.15, -0.1) is 12.3 Å². The molecule has 0 fully saturated rings. The summed E-state index contributed by atoms with van der Waals surface area (Å²) in [5.41, 5.74) is 0.931. The van der Waals surface area contributed by atoms with Crippen molar-refractivity contribution in [3.05, 3.63) is 36.1 Å². The van der Waals surface area contributed by atoms with E-state index in [-0.39, 0.29) is 6.04 Å². The van der Waals surface area contributed by atoms with Crippen LogP contribution < -0.4 is 5.32 Å². The van der Waals surface area contributed by atoms with Gasteiger partial charge < -0.3 is 9.73 Å². The molecule has 17 heavy (non-hydrogen) atoms. The molecule has 0 spiro atoms. The molecule has 2 unspecified atom stereocenters. The van der Waals surface area contributed by atoms with Crippen molar-refractivity contribution in [2.45, 2.75) is 32.4 Å². The Bertz CT molecular complexity index is 502. The highest BCUT2D eigenvalue weighted by atomic mass is 16.3. The third-order valence-electron chi connectivity index (χ3n) is 2.83. The Hall–Kier alpha value is -1.72. The molecule has 2 nitrogen and oxygen atoms in total. The second kappa shape index (κ2) is 5.07. The minimum atomic E-state index is 0.172. The molecule has 1 N–H and O–H groups in total. The molecule has 0 radical (unpaired) electrons. The number of furan rings is 1. The smallest absolute Gasteiger partial charge is 0.134 e. The van der Waals surface area contributed by atoms with E-state index in [1.54, 1.807) is 0 Å². The van der Waals surface area contributed by atoms with E-state index in [1.807, 2.05) is 18.2 Å². The highest BCUT2D eigenvalue weighted by Crippen LogP contribution is 2.23. The number of rotatable bonds is 4. The quantitative estimate of drug-likeness (QED) is 0.809. The molecule has 0 amide bonds. The maximum atomic E-state index is 5.79. The maximum absolute atomic E-state index is 5.79. The van der Waals surface area contributed by atoms with Crippen LogP contribution >= 0.6 is 0 Å². The zero-order valence-corrected chi connectivity index (χ0v) is 10.2. The van der Waals surface area contributed by atoms with E-state index in [2.05, 4.69) is 37.2 Å². The van der Waals surface area contributed by atoms with Gasteiger partial charge in [0.1, 0.15) is 11.3 Å². The van der Waals surface area contributed by atoms with E-state index in [4.69, 9.17) is 10.8 Å². The van der Waals surface area contributed by atoms with Crippen LogP contribution in [0, 0.1) is 12.3 Å². The number of hydrogen-bond acceptors (Lipinski definition) is 2. The van der Waals surface area contributed by atoms with Crippen LogP contribution in [-0.2, 0) is 0 Å². The van der Waals surface area contributed by atoms with Gasteiger partial charge in [-0.05, 0) is 26.0 Å². The van der Waals surface area contributed by atoms with Crippen molar-refractivity contribution < 1.29 is 4.42 Å². The molecule has 1 aromatic heterocycles. The molecule has 0 aliphatic carbocycles. The van der Waals surface area contributed by atoms with Crippen LogP contribution in [0.5, 0.6) is 0 Å². The zero-order valence-electron chi connectivity index (χ0n) is 10.2. The molecule has 1 heterocycles. The first-order valence-corrected chi connectivity index (χ1v) is 5.88. The molecular formula is C15H17NO. The van der Waals surface area contributed by atoms with Crippen molar-refractivity contribution in [1.29, 1.82) is 0 Å². The number of fused-ring (bicyclic) bond motifs is 1. The fraction of sp³-hybridized carbons (Fsp3) is 0.333. The lowest BCUT2D eigenvalue weighted by atomic mass is 10.1. The second-order valence-electron chi connectivity index (χ2n) is 4.38. The van der Waals surface area contributed by atoms with Gasteiger partial charge in [-0.3, -0.25) is 0 Å². The summed E-state index contributed by atoms with van der Waals surface area (Å²) >= 11 is 0. The number of terminal acetylenes is 1. The van der Waals surface area contributed by atoms with Crippen LogP contribution in [0.4, 0.5) is 0 Å². The summed E-state index contributed by atoms with van der Waals surface area (Å²) in [4.78, 5) is 0. The van der Waals surface area contributed by atoms with Gasteiger partial charge in [0.2, 0.25) is 0 Å². The normalized spacial score (nSPS) is 14.4. The van der Waals surface area contributed by atoms with Crippen molar-refractivity contribution >= 4 is 11.0 Å². The molecule has 1 aromatic carbocycles. The van der Waals surface area contributed by atoms with Crippen LogP contribution in [0.25, 0.3) is 11.0 Å². The van der Waals surface area contributed by atoms with Crippen molar-refractivity contribution in [3.63, 3.8) is 0 Å². The Balaban J connectivity index is 2.14. The highest BCUT2D eigenvalue weighted by molar-refractivity contribution is 5.77. The predicted octanol–water partition coefficient (Wildman–Crippen LogP) is 3.50. The van der Waals surface area contributed by atoms with Gasteiger partial charge in [-0.1, -0.05) is 18.2 Å². The topological polar surface area (TPSA) is 25.2 Å². The summed E-state index contributed by atoms with van der Waals surface area (Å²) in [7, 11) is 0. The molecule has 88 valence electrons. The molecule has 2 aromatic rings. The first kappa shape index (κ1) is 11.8. The van der Waals surface area contributed by atoms with Crippen LogP contribution in [0.15, 0.2) is 34.7 Å². The second-order valence-corrected chi connectivity index (χ2v) is 4.38. The lowest BCUT2D eigenvalue weighted by Gasteiger charge is -2.16. The summed E-state index contributed by atoms with van der Waals surface area (Å²) in [6, 6.07) is 10.6. The fourth-order valence-corrected chi connectivity index (χ4v) is 1.96. The summed E-state index contributed by atoms with van der Waals surface area (Å²) in [6.07, 6.45) is 6.02. The van der Waals surface area contributed by atoms with Gasteiger partial charge in [-0.25, -0.2) is 0 Å². The summed E-state index contributed by atoms with van der Waals surface area (Å²) in [5.74, 6) is 3.61. The van der Waals surface area contributed by atoms with Gasteiger partial charge in [0.05, 0.1) is 6.04 Å². The molecule has 0 aliphatic heterocycles. The predicted molar refractivity (Wildman–Crippen MR) is 70.7 cm³/mol. The third-order valence-corrected chi connectivity index (χ3v) is 2.83.